The van der Waals surface area contributed by atoms with Crippen LogP contribution in [0.2, 0.25) is 0 Å². The number of aliphatic hydroxyl groups excluding tert-OH is 1. The van der Waals surface area contributed by atoms with E-state index in [1.807, 2.05) is 6.92 Å². The molecule has 148 valence electrons. The summed E-state index contributed by atoms with van der Waals surface area (Å²) in [5, 5.41) is 43.1. The van der Waals surface area contributed by atoms with Crippen LogP contribution in [0.1, 0.15) is 52.4 Å². The lowest BCUT2D eigenvalue weighted by molar-refractivity contribution is -0.281. The smallest absolute Gasteiger partial charge is 0.314 e. The number of aliphatic hydroxyl groups is 3. The molecule has 0 amide bonds. The third-order valence-corrected chi connectivity index (χ3v) is 8.94. The Morgan fingerprint density at radius 3 is 2.38 bits per heavy atom. The predicted molar refractivity (Wildman–Crippen MR) is 98.8 cm³/mol. The van der Waals surface area contributed by atoms with Gasteiger partial charge in [-0.2, -0.15) is 0 Å². The van der Waals surface area contributed by atoms with Gasteiger partial charge in [-0.3, -0.25) is 4.79 Å². The van der Waals surface area contributed by atoms with Crippen LogP contribution in [0.5, 0.6) is 0 Å². The van der Waals surface area contributed by atoms with Crippen LogP contribution in [0.3, 0.4) is 0 Å². The normalized spacial score (nSPS) is 54.1. The number of carbonyl (C=O) groups is 1. The standard InChI is InChI=1S/C20H31ClO5/c1-4-13-12-5-10-20(26)17(2,14(12)6-9-19(13,25)11-21)8-7-15(22)18(20,3)16(23)24/h4,12-15,22,25-26H,1,5-11H2,2-3H3,(H,23,24)/t12-,13-,14-,15+,17+,18+,19+,20-/m0/s1. The molecule has 0 bridgehead atoms. The number of fused-ring (bicyclic) bond motifs is 3. The van der Waals surface area contributed by atoms with E-state index < -0.39 is 34.1 Å². The van der Waals surface area contributed by atoms with Gasteiger partial charge in [0.25, 0.3) is 0 Å². The summed E-state index contributed by atoms with van der Waals surface area (Å²) in [6.07, 6.45) is 3.68. The van der Waals surface area contributed by atoms with Crippen molar-refractivity contribution in [2.24, 2.45) is 28.6 Å². The minimum atomic E-state index is -1.60. The van der Waals surface area contributed by atoms with Gasteiger partial charge in [-0.05, 0) is 57.3 Å². The van der Waals surface area contributed by atoms with Crippen LogP contribution in [0.15, 0.2) is 12.7 Å². The van der Waals surface area contributed by atoms with Crippen molar-refractivity contribution in [3.05, 3.63) is 12.7 Å². The summed E-state index contributed by atoms with van der Waals surface area (Å²) in [6, 6.07) is 0. The van der Waals surface area contributed by atoms with Gasteiger partial charge in [0.2, 0.25) is 0 Å². The first kappa shape index (κ1) is 20.1. The Bertz CT molecular complexity index is 611. The van der Waals surface area contributed by atoms with Gasteiger partial charge in [0.15, 0.2) is 0 Å². The topological polar surface area (TPSA) is 98.0 Å². The van der Waals surface area contributed by atoms with Gasteiger partial charge >= 0.3 is 5.97 Å². The molecule has 8 atom stereocenters. The Morgan fingerprint density at radius 1 is 1.19 bits per heavy atom. The Morgan fingerprint density at radius 2 is 1.85 bits per heavy atom. The highest BCUT2D eigenvalue weighted by atomic mass is 35.5. The summed E-state index contributed by atoms with van der Waals surface area (Å²) < 4.78 is 0. The van der Waals surface area contributed by atoms with Crippen molar-refractivity contribution in [3.63, 3.8) is 0 Å². The van der Waals surface area contributed by atoms with E-state index in [0.717, 1.165) is 0 Å². The minimum absolute atomic E-state index is 0.0546. The van der Waals surface area contributed by atoms with Crippen molar-refractivity contribution in [2.75, 3.05) is 5.88 Å². The van der Waals surface area contributed by atoms with Crippen molar-refractivity contribution in [2.45, 2.75) is 69.7 Å². The Balaban J connectivity index is 2.07. The number of carboxylic acid groups (broad SMARTS) is 1. The van der Waals surface area contributed by atoms with E-state index in [0.29, 0.717) is 32.1 Å². The highest BCUT2D eigenvalue weighted by Gasteiger charge is 2.72. The average molecular weight is 387 g/mol. The second-order valence-corrected chi connectivity index (χ2v) is 9.45. The van der Waals surface area contributed by atoms with Crippen molar-refractivity contribution >= 4 is 17.6 Å². The summed E-state index contributed by atoms with van der Waals surface area (Å²) in [4.78, 5) is 12.1. The molecule has 0 heterocycles. The van der Waals surface area contributed by atoms with Crippen molar-refractivity contribution in [1.82, 2.24) is 0 Å². The van der Waals surface area contributed by atoms with Gasteiger partial charge in [-0.15, -0.1) is 18.2 Å². The zero-order valence-corrected chi connectivity index (χ0v) is 16.4. The SMILES string of the molecule is C=C[C@H]1[C@@H]2CC[C@@]3(O)[C@@](C)(C(=O)O)[C@H](O)CC[C@]3(C)[C@H]2CC[C@@]1(O)CCl. The molecule has 6 heteroatoms. The molecule has 0 aromatic carbocycles. The average Bonchev–Trinajstić information content (AvgIpc) is 2.60. The molecule has 0 unspecified atom stereocenters. The molecule has 26 heavy (non-hydrogen) atoms. The maximum absolute atomic E-state index is 12.1. The monoisotopic (exact) mass is 386 g/mol. The highest BCUT2D eigenvalue weighted by molar-refractivity contribution is 6.18. The first-order valence-electron chi connectivity index (χ1n) is 9.56. The van der Waals surface area contributed by atoms with Crippen LogP contribution >= 0.6 is 11.6 Å². The predicted octanol–water partition coefficient (Wildman–Crippen LogP) is 2.56. The maximum Gasteiger partial charge on any atom is 0.314 e. The van der Waals surface area contributed by atoms with Gasteiger partial charge in [0.05, 0.1) is 23.2 Å². The van der Waals surface area contributed by atoms with E-state index in [2.05, 4.69) is 6.58 Å². The van der Waals surface area contributed by atoms with Crippen LogP contribution < -0.4 is 0 Å². The summed E-state index contributed by atoms with van der Waals surface area (Å²) >= 11 is 6.07. The lowest BCUT2D eigenvalue weighted by Crippen LogP contribution is -2.73. The minimum Gasteiger partial charge on any atom is -0.481 e. The molecule has 3 fully saturated rings. The van der Waals surface area contributed by atoms with Crippen molar-refractivity contribution in [1.29, 1.82) is 0 Å². The van der Waals surface area contributed by atoms with Crippen LogP contribution in [0, 0.1) is 28.6 Å². The molecule has 0 aliphatic heterocycles. The molecule has 0 radical (unpaired) electrons. The summed E-state index contributed by atoms with van der Waals surface area (Å²) in [5.74, 6) is -1.03. The van der Waals surface area contributed by atoms with Crippen LogP contribution in [-0.2, 0) is 4.79 Å². The molecule has 0 aromatic rings. The molecule has 0 spiro atoms. The first-order valence-corrected chi connectivity index (χ1v) is 10.1. The van der Waals surface area contributed by atoms with E-state index in [4.69, 9.17) is 11.6 Å². The molecular formula is C20H31ClO5. The summed E-state index contributed by atoms with van der Waals surface area (Å²) in [6.45, 7) is 7.38. The van der Waals surface area contributed by atoms with E-state index in [1.54, 1.807) is 6.08 Å². The number of hydrogen-bond acceptors (Lipinski definition) is 4. The number of rotatable bonds is 3. The quantitative estimate of drug-likeness (QED) is 0.441. The van der Waals surface area contributed by atoms with Gasteiger partial charge in [0.1, 0.15) is 5.41 Å². The van der Waals surface area contributed by atoms with Crippen LogP contribution in [-0.4, -0.2) is 49.6 Å². The molecule has 3 saturated carbocycles. The molecule has 4 N–H and O–H groups in total. The Kier molecular flexibility index (Phi) is 4.79. The summed E-state index contributed by atoms with van der Waals surface area (Å²) in [5.41, 5.74) is -4.74. The second kappa shape index (κ2) is 6.20. The molecular weight excluding hydrogens is 356 g/mol. The lowest BCUT2D eigenvalue weighted by atomic mass is 9.39. The van der Waals surface area contributed by atoms with Crippen LogP contribution in [0.25, 0.3) is 0 Å². The summed E-state index contributed by atoms with van der Waals surface area (Å²) in [7, 11) is 0. The van der Waals surface area contributed by atoms with E-state index >= 15 is 0 Å². The number of aliphatic carboxylic acids is 1. The van der Waals surface area contributed by atoms with Gasteiger partial charge in [0, 0.05) is 11.3 Å². The molecule has 3 rings (SSSR count). The zero-order valence-electron chi connectivity index (χ0n) is 15.6. The zero-order chi connectivity index (χ0) is 19.5. The van der Waals surface area contributed by atoms with Crippen molar-refractivity contribution < 1.29 is 25.2 Å². The third kappa shape index (κ3) is 2.24. The van der Waals surface area contributed by atoms with Crippen molar-refractivity contribution in [3.8, 4) is 0 Å². The molecule has 0 saturated heterocycles. The molecule has 3 aliphatic carbocycles. The lowest BCUT2D eigenvalue weighted by Gasteiger charge is -2.67. The molecule has 3 aliphatic rings. The molecule has 0 aromatic heterocycles. The number of alkyl halides is 1. The number of halogens is 1. The fourth-order valence-corrected chi connectivity index (χ4v) is 7.00. The fourth-order valence-electron chi connectivity index (χ4n) is 6.69. The van der Waals surface area contributed by atoms with Gasteiger partial charge < -0.3 is 20.4 Å². The van der Waals surface area contributed by atoms with E-state index in [1.165, 1.54) is 6.92 Å². The van der Waals surface area contributed by atoms with Gasteiger partial charge in [-0.25, -0.2) is 0 Å². The fraction of sp³-hybridized carbons (Fsp3) is 0.850. The number of carboxylic acids is 1. The van der Waals surface area contributed by atoms with E-state index in [-0.39, 0.29) is 30.1 Å². The van der Waals surface area contributed by atoms with E-state index in [9.17, 15) is 25.2 Å². The third-order valence-electron chi connectivity index (χ3n) is 8.48. The second-order valence-electron chi connectivity index (χ2n) is 9.19. The van der Waals surface area contributed by atoms with Gasteiger partial charge in [-0.1, -0.05) is 13.0 Å². The first-order chi connectivity index (χ1) is 12.0. The Hall–Kier alpha value is -0.620. The van der Waals surface area contributed by atoms with Crippen LogP contribution in [0.4, 0.5) is 0 Å². The Labute approximate surface area is 160 Å². The maximum atomic E-state index is 12.1. The molecule has 5 nitrogen and oxygen atoms in total. The highest BCUT2D eigenvalue weighted by Crippen LogP contribution is 2.67. The number of hydrogen-bond donors (Lipinski definition) is 4. The largest absolute Gasteiger partial charge is 0.481 e.